The molecule has 0 fully saturated rings. The van der Waals surface area contributed by atoms with Gasteiger partial charge in [-0.1, -0.05) is 6.08 Å². The van der Waals surface area contributed by atoms with Crippen molar-refractivity contribution in [3.63, 3.8) is 0 Å². The lowest BCUT2D eigenvalue weighted by atomic mass is 9.85. The first-order valence-corrected chi connectivity index (χ1v) is 8.19. The van der Waals surface area contributed by atoms with Crippen molar-refractivity contribution in [1.29, 1.82) is 0 Å². The number of nitrogens with zero attached hydrogens (tertiary/aromatic N) is 1. The highest BCUT2D eigenvalue weighted by atomic mass is 16.6. The van der Waals surface area contributed by atoms with Crippen LogP contribution in [0.3, 0.4) is 0 Å². The summed E-state index contributed by atoms with van der Waals surface area (Å²) < 4.78 is 0. The van der Waals surface area contributed by atoms with Crippen molar-refractivity contribution in [2.45, 2.75) is 25.7 Å². The van der Waals surface area contributed by atoms with Gasteiger partial charge >= 0.3 is 0 Å². The van der Waals surface area contributed by atoms with Gasteiger partial charge in [-0.2, -0.15) is 5.90 Å². The van der Waals surface area contributed by atoms with Crippen molar-refractivity contribution in [2.24, 2.45) is 11.8 Å². The molecule has 0 aliphatic heterocycles. The van der Waals surface area contributed by atoms with Crippen LogP contribution in [-0.2, 0) is 0 Å². The summed E-state index contributed by atoms with van der Waals surface area (Å²) in [7, 11) is 0. The number of nitrogens with one attached hydrogen (secondary N) is 2. The predicted molar refractivity (Wildman–Crippen MR) is 92.1 cm³/mol. The molecule has 0 spiro atoms. The van der Waals surface area contributed by atoms with E-state index >= 15 is 0 Å². The number of H-pyrrole nitrogens is 1. The number of carbonyl (C=O) groups excluding carboxylic acids is 1. The van der Waals surface area contributed by atoms with E-state index in [0.29, 0.717) is 23.9 Å². The Morgan fingerprint density at radius 2 is 2.33 bits per heavy atom. The fourth-order valence-corrected chi connectivity index (χ4v) is 3.01. The van der Waals surface area contributed by atoms with Crippen molar-refractivity contribution >= 4 is 11.5 Å². The fourth-order valence-electron chi connectivity index (χ4n) is 3.01. The average molecular weight is 326 g/mol. The number of aromatic amines is 1. The lowest BCUT2D eigenvalue weighted by Crippen LogP contribution is -2.25. The molecule has 6 nitrogen and oxygen atoms in total. The molecular formula is C18H22N4O2. The number of hydrogen-bond donors (Lipinski definition) is 3. The summed E-state index contributed by atoms with van der Waals surface area (Å²) in [4.78, 5) is 23.5. The molecule has 0 saturated heterocycles. The second kappa shape index (κ2) is 7.79. The van der Waals surface area contributed by atoms with Crippen LogP contribution in [0, 0.1) is 5.92 Å². The number of hydrogen-bond acceptors (Lipinski definition) is 4. The minimum Gasteiger partial charge on any atom is -0.391 e. The highest BCUT2D eigenvalue weighted by Crippen LogP contribution is 2.31. The minimum atomic E-state index is -0.0171. The Bertz CT molecular complexity index is 692. The third kappa shape index (κ3) is 4.02. The van der Waals surface area contributed by atoms with Gasteiger partial charge in [0.05, 0.1) is 5.56 Å². The molecule has 2 heterocycles. The molecule has 0 radical (unpaired) electrons. The molecule has 2 aromatic rings. The van der Waals surface area contributed by atoms with E-state index < -0.39 is 0 Å². The van der Waals surface area contributed by atoms with Crippen LogP contribution in [0.5, 0.6) is 5.88 Å². The van der Waals surface area contributed by atoms with E-state index in [1.54, 1.807) is 30.7 Å². The molecule has 1 unspecified atom stereocenters. The molecule has 1 amide bonds. The maximum Gasteiger partial charge on any atom is 0.252 e. The van der Waals surface area contributed by atoms with Crippen molar-refractivity contribution in [2.75, 3.05) is 6.54 Å². The van der Waals surface area contributed by atoms with Crippen LogP contribution < -0.4 is 16.1 Å². The van der Waals surface area contributed by atoms with Crippen molar-refractivity contribution in [3.8, 4) is 5.88 Å². The molecule has 0 bridgehead atoms. The first-order valence-electron chi connectivity index (χ1n) is 8.19. The number of aromatic nitrogens is 2. The van der Waals surface area contributed by atoms with Crippen LogP contribution in [0.2, 0.25) is 0 Å². The largest absolute Gasteiger partial charge is 0.391 e. The zero-order valence-corrected chi connectivity index (χ0v) is 13.5. The van der Waals surface area contributed by atoms with E-state index in [2.05, 4.69) is 26.2 Å². The molecule has 0 saturated carbocycles. The predicted octanol–water partition coefficient (Wildman–Crippen LogP) is 2.67. The van der Waals surface area contributed by atoms with Crippen LogP contribution in [0.4, 0.5) is 0 Å². The van der Waals surface area contributed by atoms with E-state index in [1.165, 1.54) is 5.57 Å². The van der Waals surface area contributed by atoms with E-state index in [4.69, 9.17) is 5.90 Å². The van der Waals surface area contributed by atoms with Gasteiger partial charge in [0.15, 0.2) is 0 Å². The second-order valence-electron chi connectivity index (χ2n) is 6.02. The summed E-state index contributed by atoms with van der Waals surface area (Å²) in [5.41, 5.74) is 3.12. The Labute approximate surface area is 141 Å². The first-order chi connectivity index (χ1) is 11.8. The van der Waals surface area contributed by atoms with Gasteiger partial charge in [-0.15, -0.1) is 0 Å². The smallest absolute Gasteiger partial charge is 0.252 e. The number of rotatable bonds is 6. The summed E-state index contributed by atoms with van der Waals surface area (Å²) in [6.07, 6.45) is 11.7. The summed E-state index contributed by atoms with van der Waals surface area (Å²) in [5.74, 6) is 6.10. The molecule has 126 valence electrons. The van der Waals surface area contributed by atoms with Gasteiger partial charge in [0.1, 0.15) is 0 Å². The normalized spacial score (nSPS) is 17.2. The topological polar surface area (TPSA) is 93.0 Å². The van der Waals surface area contributed by atoms with Gasteiger partial charge in [0.2, 0.25) is 5.88 Å². The molecular weight excluding hydrogens is 304 g/mol. The number of carbonyl (C=O) groups is 1. The lowest BCUT2D eigenvalue weighted by molar-refractivity contribution is 0.0951. The zero-order valence-electron chi connectivity index (χ0n) is 13.5. The Hall–Kier alpha value is -2.60. The monoisotopic (exact) mass is 326 g/mol. The van der Waals surface area contributed by atoms with Gasteiger partial charge in [-0.05, 0) is 54.9 Å². The average Bonchev–Trinajstić information content (AvgIpc) is 3.17. The maximum absolute atomic E-state index is 11.9. The van der Waals surface area contributed by atoms with Gasteiger partial charge in [-0.25, -0.2) is 4.98 Å². The third-order valence-corrected chi connectivity index (χ3v) is 4.45. The van der Waals surface area contributed by atoms with Gasteiger partial charge in [0.25, 0.3) is 5.91 Å². The molecule has 24 heavy (non-hydrogen) atoms. The van der Waals surface area contributed by atoms with Gasteiger partial charge in [-0.3, -0.25) is 4.79 Å². The highest BCUT2D eigenvalue weighted by Gasteiger charge is 2.16. The van der Waals surface area contributed by atoms with Crippen LogP contribution in [0.1, 0.15) is 41.6 Å². The summed E-state index contributed by atoms with van der Waals surface area (Å²) in [6.45, 7) is 0.710. The number of pyridine rings is 1. The molecule has 0 aromatic carbocycles. The molecule has 3 rings (SSSR count). The molecule has 1 aliphatic rings. The van der Waals surface area contributed by atoms with Crippen LogP contribution >= 0.6 is 0 Å². The molecule has 2 aromatic heterocycles. The quantitative estimate of drug-likeness (QED) is 0.712. The van der Waals surface area contributed by atoms with E-state index in [-0.39, 0.29) is 5.91 Å². The first kappa shape index (κ1) is 16.3. The molecule has 1 atom stereocenters. The second-order valence-corrected chi connectivity index (χ2v) is 6.02. The molecule has 1 aliphatic carbocycles. The number of nitrogens with two attached hydrogens (primary N) is 1. The summed E-state index contributed by atoms with van der Waals surface area (Å²) in [6, 6.07) is 5.54. The summed E-state index contributed by atoms with van der Waals surface area (Å²) in [5, 5.41) is 2.97. The van der Waals surface area contributed by atoms with Crippen LogP contribution in [-0.4, -0.2) is 22.4 Å². The van der Waals surface area contributed by atoms with Crippen molar-refractivity contribution < 1.29 is 9.63 Å². The zero-order chi connectivity index (χ0) is 16.8. The molecule has 4 N–H and O–H groups in total. The van der Waals surface area contributed by atoms with Crippen LogP contribution in [0.25, 0.3) is 5.57 Å². The fraction of sp³-hybridized carbons (Fsp3) is 0.333. The minimum absolute atomic E-state index is 0.0171. The third-order valence-electron chi connectivity index (χ3n) is 4.45. The number of allylic oxidation sites excluding steroid dienone is 2. The summed E-state index contributed by atoms with van der Waals surface area (Å²) >= 11 is 0. The SMILES string of the molecule is NOc1ccc(C2=CCC(CCNC(=O)c3cc[nH]c3)CC2)cn1. The van der Waals surface area contributed by atoms with Crippen molar-refractivity contribution in [1.82, 2.24) is 15.3 Å². The Kier molecular flexibility index (Phi) is 5.28. The standard InChI is InChI=1S/C18H22N4O2/c19-24-17-6-5-15(12-22-17)14-3-1-13(2-4-14)7-10-21-18(23)16-8-9-20-11-16/h3,5-6,8-9,11-13,20H,1-2,4,7,10,19H2,(H,21,23). The van der Waals surface area contributed by atoms with E-state index in [1.807, 2.05) is 6.07 Å². The van der Waals surface area contributed by atoms with Gasteiger partial charge < -0.3 is 15.1 Å². The Balaban J connectivity index is 1.45. The van der Waals surface area contributed by atoms with Gasteiger partial charge in [0, 0.05) is 31.2 Å². The van der Waals surface area contributed by atoms with E-state index in [0.717, 1.165) is 31.2 Å². The van der Waals surface area contributed by atoms with Crippen molar-refractivity contribution in [3.05, 3.63) is 54.0 Å². The highest BCUT2D eigenvalue weighted by molar-refractivity contribution is 5.93. The van der Waals surface area contributed by atoms with E-state index in [9.17, 15) is 4.79 Å². The Morgan fingerprint density at radius 3 is 2.96 bits per heavy atom. The molecule has 6 heteroatoms. The number of amides is 1. The van der Waals surface area contributed by atoms with Crippen LogP contribution in [0.15, 0.2) is 42.9 Å². The lowest BCUT2D eigenvalue weighted by Gasteiger charge is -2.22. The maximum atomic E-state index is 11.9. The Morgan fingerprint density at radius 1 is 1.42 bits per heavy atom.